The number of carbonyl (C=O) groups excluding carboxylic acids is 1. The van der Waals surface area contributed by atoms with E-state index in [1.165, 1.54) is 0 Å². The summed E-state index contributed by atoms with van der Waals surface area (Å²) in [7, 11) is 0. The van der Waals surface area contributed by atoms with Gasteiger partial charge in [-0.25, -0.2) is 14.8 Å². The highest BCUT2D eigenvalue weighted by Gasteiger charge is 2.25. The van der Waals surface area contributed by atoms with Crippen LogP contribution in [0.3, 0.4) is 0 Å². The van der Waals surface area contributed by atoms with Crippen LogP contribution in [0, 0.1) is 20.8 Å². The molecule has 3 aromatic heterocycles. The van der Waals surface area contributed by atoms with Gasteiger partial charge in [0.05, 0.1) is 12.0 Å². The van der Waals surface area contributed by atoms with Gasteiger partial charge in [0, 0.05) is 55.4 Å². The molecule has 1 aliphatic rings. The Morgan fingerprint density at radius 3 is 2.31 bits per heavy atom. The summed E-state index contributed by atoms with van der Waals surface area (Å²) < 4.78 is 11.3. The van der Waals surface area contributed by atoms with Gasteiger partial charge < -0.3 is 18.6 Å². The van der Waals surface area contributed by atoms with Crippen LogP contribution < -0.4 is 10.5 Å². The lowest BCUT2D eigenvalue weighted by molar-refractivity contribution is -0.130. The second kappa shape index (κ2) is 7.78. The Kier molecular flexibility index (Phi) is 4.92. The summed E-state index contributed by atoms with van der Waals surface area (Å²) in [5.74, 6) is 1.43. The zero-order valence-corrected chi connectivity index (χ0v) is 18.3. The maximum absolute atomic E-state index is 13.0. The zero-order chi connectivity index (χ0) is 22.4. The van der Waals surface area contributed by atoms with Gasteiger partial charge >= 0.3 is 5.63 Å². The van der Waals surface area contributed by atoms with Crippen LogP contribution in [0.25, 0.3) is 21.9 Å². The summed E-state index contributed by atoms with van der Waals surface area (Å²) >= 11 is 0. The smallest absolute Gasteiger partial charge is 0.340 e. The Morgan fingerprint density at radius 1 is 0.938 bits per heavy atom. The number of furan rings is 1. The predicted molar refractivity (Wildman–Crippen MR) is 121 cm³/mol. The highest BCUT2D eigenvalue weighted by atomic mass is 16.4. The van der Waals surface area contributed by atoms with Crippen LogP contribution in [0.1, 0.15) is 22.5 Å². The van der Waals surface area contributed by atoms with Crippen molar-refractivity contribution in [3.05, 3.63) is 63.5 Å². The first kappa shape index (κ1) is 20.2. The molecule has 4 heterocycles. The molecule has 5 rings (SSSR count). The fourth-order valence-corrected chi connectivity index (χ4v) is 4.30. The average Bonchev–Trinajstić information content (AvgIpc) is 3.08. The van der Waals surface area contributed by atoms with Crippen molar-refractivity contribution in [1.29, 1.82) is 0 Å². The number of carbonyl (C=O) groups is 1. The maximum Gasteiger partial charge on any atom is 0.340 e. The molecule has 0 N–H and O–H groups in total. The van der Waals surface area contributed by atoms with Gasteiger partial charge in [0.25, 0.3) is 0 Å². The number of benzene rings is 1. The van der Waals surface area contributed by atoms with E-state index in [1.807, 2.05) is 26.8 Å². The Balaban J connectivity index is 1.39. The van der Waals surface area contributed by atoms with Gasteiger partial charge in [-0.05, 0) is 44.0 Å². The molecule has 8 heteroatoms. The van der Waals surface area contributed by atoms with Crippen LogP contribution in [0.15, 0.2) is 44.2 Å². The van der Waals surface area contributed by atoms with E-state index >= 15 is 0 Å². The Morgan fingerprint density at radius 2 is 1.59 bits per heavy atom. The van der Waals surface area contributed by atoms with Gasteiger partial charge in [-0.15, -0.1) is 0 Å². The van der Waals surface area contributed by atoms with Crippen molar-refractivity contribution in [3.8, 4) is 0 Å². The van der Waals surface area contributed by atoms with Crippen LogP contribution in [-0.2, 0) is 11.2 Å². The van der Waals surface area contributed by atoms with E-state index in [0.717, 1.165) is 27.7 Å². The molecule has 4 aromatic rings. The molecule has 164 valence electrons. The highest BCUT2D eigenvalue weighted by Crippen LogP contribution is 2.31. The normalized spacial score (nSPS) is 14.5. The standard InChI is InChI=1S/C24H24N4O4/c1-14-16(3)31-20-13-21-18(11-17(14)20)15(2)19(23(30)32-21)12-22(29)27-7-9-28(10-8-27)24-25-5-4-6-26-24/h4-6,11,13H,7-10,12H2,1-3H3. The van der Waals surface area contributed by atoms with Crippen LogP contribution in [0.4, 0.5) is 5.95 Å². The quantitative estimate of drug-likeness (QED) is 0.459. The lowest BCUT2D eigenvalue weighted by Crippen LogP contribution is -2.49. The third-order valence-corrected chi connectivity index (χ3v) is 6.38. The minimum atomic E-state index is -0.473. The topological polar surface area (TPSA) is 92.7 Å². The molecule has 1 fully saturated rings. The molecule has 0 aliphatic carbocycles. The molecule has 1 aliphatic heterocycles. The number of aryl methyl sites for hydroxylation is 3. The van der Waals surface area contributed by atoms with Crippen molar-refractivity contribution in [1.82, 2.24) is 14.9 Å². The van der Waals surface area contributed by atoms with Crippen LogP contribution in [0.5, 0.6) is 0 Å². The molecule has 1 saturated heterocycles. The molecular formula is C24H24N4O4. The van der Waals surface area contributed by atoms with Crippen molar-refractivity contribution in [2.24, 2.45) is 0 Å². The molecule has 8 nitrogen and oxygen atoms in total. The first-order valence-electron chi connectivity index (χ1n) is 10.7. The van der Waals surface area contributed by atoms with Crippen LogP contribution in [-0.4, -0.2) is 47.0 Å². The molecule has 0 bridgehead atoms. The van der Waals surface area contributed by atoms with E-state index in [-0.39, 0.29) is 12.3 Å². The minimum absolute atomic E-state index is 0.0212. The number of aromatic nitrogens is 2. The van der Waals surface area contributed by atoms with Gasteiger partial charge in [0.15, 0.2) is 0 Å². The van der Waals surface area contributed by atoms with Gasteiger partial charge in [0.1, 0.15) is 16.9 Å². The van der Waals surface area contributed by atoms with Gasteiger partial charge in [-0.3, -0.25) is 4.79 Å². The fourth-order valence-electron chi connectivity index (χ4n) is 4.30. The number of rotatable bonds is 3. The molecule has 0 unspecified atom stereocenters. The Hall–Kier alpha value is -3.68. The van der Waals surface area contributed by atoms with Crippen molar-refractivity contribution in [2.75, 3.05) is 31.1 Å². The summed E-state index contributed by atoms with van der Waals surface area (Å²) in [6.07, 6.45) is 3.44. The van der Waals surface area contributed by atoms with E-state index in [0.29, 0.717) is 48.9 Å². The monoisotopic (exact) mass is 432 g/mol. The van der Waals surface area contributed by atoms with Gasteiger partial charge in [-0.2, -0.15) is 0 Å². The van der Waals surface area contributed by atoms with Crippen molar-refractivity contribution in [3.63, 3.8) is 0 Å². The number of piperazine rings is 1. The molecule has 1 aromatic carbocycles. The van der Waals surface area contributed by atoms with E-state index in [2.05, 4.69) is 14.9 Å². The van der Waals surface area contributed by atoms with Crippen molar-refractivity contribution >= 4 is 33.8 Å². The Bertz CT molecular complexity index is 1380. The lowest BCUT2D eigenvalue weighted by Gasteiger charge is -2.34. The van der Waals surface area contributed by atoms with Crippen LogP contribution >= 0.6 is 0 Å². The Labute approximate surface area is 184 Å². The number of fused-ring (bicyclic) bond motifs is 2. The minimum Gasteiger partial charge on any atom is -0.461 e. The summed E-state index contributed by atoms with van der Waals surface area (Å²) in [5.41, 5.74) is 2.94. The molecule has 1 amide bonds. The molecule has 0 radical (unpaired) electrons. The average molecular weight is 432 g/mol. The van der Waals surface area contributed by atoms with E-state index in [4.69, 9.17) is 8.83 Å². The lowest BCUT2D eigenvalue weighted by atomic mass is 10.0. The van der Waals surface area contributed by atoms with Crippen molar-refractivity contribution in [2.45, 2.75) is 27.2 Å². The third-order valence-electron chi connectivity index (χ3n) is 6.38. The molecule has 32 heavy (non-hydrogen) atoms. The molecule has 0 spiro atoms. The first-order chi connectivity index (χ1) is 15.4. The largest absolute Gasteiger partial charge is 0.461 e. The fraction of sp³-hybridized carbons (Fsp3) is 0.333. The molecule has 0 saturated carbocycles. The predicted octanol–water partition coefficient (Wildman–Crippen LogP) is 3.15. The second-order valence-corrected chi connectivity index (χ2v) is 8.21. The number of hydrogen-bond donors (Lipinski definition) is 0. The first-order valence-corrected chi connectivity index (χ1v) is 10.7. The summed E-state index contributed by atoms with van der Waals surface area (Å²) in [6.45, 7) is 8.21. The SMILES string of the molecule is Cc1oc2cc3oc(=O)c(CC(=O)N4CCN(c5ncccn5)CC4)c(C)c3cc2c1C. The van der Waals surface area contributed by atoms with Gasteiger partial charge in [0.2, 0.25) is 11.9 Å². The molecular weight excluding hydrogens is 408 g/mol. The third kappa shape index (κ3) is 3.41. The maximum atomic E-state index is 13.0. The number of amides is 1. The van der Waals surface area contributed by atoms with E-state index < -0.39 is 5.63 Å². The van der Waals surface area contributed by atoms with Crippen molar-refractivity contribution < 1.29 is 13.6 Å². The highest BCUT2D eigenvalue weighted by molar-refractivity contribution is 5.97. The number of anilines is 1. The molecule has 0 atom stereocenters. The van der Waals surface area contributed by atoms with E-state index in [9.17, 15) is 9.59 Å². The van der Waals surface area contributed by atoms with Gasteiger partial charge in [-0.1, -0.05) is 0 Å². The number of hydrogen-bond acceptors (Lipinski definition) is 7. The number of nitrogens with zero attached hydrogens (tertiary/aromatic N) is 4. The zero-order valence-electron chi connectivity index (χ0n) is 18.3. The van der Waals surface area contributed by atoms with E-state index in [1.54, 1.807) is 29.4 Å². The summed E-state index contributed by atoms with van der Waals surface area (Å²) in [5, 5.41) is 1.82. The summed E-state index contributed by atoms with van der Waals surface area (Å²) in [6, 6.07) is 5.53. The second-order valence-electron chi connectivity index (χ2n) is 8.21. The van der Waals surface area contributed by atoms with Crippen LogP contribution in [0.2, 0.25) is 0 Å². The summed E-state index contributed by atoms with van der Waals surface area (Å²) in [4.78, 5) is 38.1.